The molecular weight excluding hydrogens is 160 g/mol. The summed E-state index contributed by atoms with van der Waals surface area (Å²) in [6, 6.07) is 0. The Balaban J connectivity index is 2.44. The second kappa shape index (κ2) is 2.86. The molecule has 0 radical (unpaired) electrons. The van der Waals surface area contributed by atoms with Crippen LogP contribution in [0, 0.1) is 6.92 Å². The van der Waals surface area contributed by atoms with E-state index in [1.54, 1.807) is 0 Å². The summed E-state index contributed by atoms with van der Waals surface area (Å²) >= 11 is 0. The van der Waals surface area contributed by atoms with Crippen LogP contribution in [0.15, 0.2) is 0 Å². The van der Waals surface area contributed by atoms with Crippen molar-refractivity contribution in [3.05, 3.63) is 17.0 Å². The fourth-order valence-electron chi connectivity index (χ4n) is 2.14. The average Bonchev–Trinajstić information content (AvgIpc) is 2.80. The highest BCUT2D eigenvalue weighted by Gasteiger charge is 2.30. The van der Waals surface area contributed by atoms with E-state index in [1.165, 1.54) is 29.8 Å². The number of hydrogen-bond donors (Lipinski definition) is 0. The minimum atomic E-state index is 0.554. The van der Waals surface area contributed by atoms with Crippen LogP contribution in [0.5, 0.6) is 0 Å². The van der Waals surface area contributed by atoms with Crippen LogP contribution in [0.4, 0.5) is 0 Å². The van der Waals surface area contributed by atoms with E-state index in [2.05, 4.69) is 37.6 Å². The van der Waals surface area contributed by atoms with Gasteiger partial charge in [-0.15, -0.1) is 0 Å². The van der Waals surface area contributed by atoms with Crippen LogP contribution in [0.2, 0.25) is 0 Å². The van der Waals surface area contributed by atoms with Gasteiger partial charge in [0.1, 0.15) is 0 Å². The lowest BCUT2D eigenvalue weighted by atomic mass is 10.0. The highest BCUT2D eigenvalue weighted by Crippen LogP contribution is 2.42. The lowest BCUT2D eigenvalue weighted by Crippen LogP contribution is -1.97. The van der Waals surface area contributed by atoms with E-state index in [0.29, 0.717) is 5.92 Å². The van der Waals surface area contributed by atoms with Gasteiger partial charge in [-0.25, -0.2) is 0 Å². The molecule has 2 rings (SSSR count). The monoisotopic (exact) mass is 178 g/mol. The third kappa shape index (κ3) is 1.38. The standard InChI is InChI=1S/C11H18N2/c1-7(2)10-8(3)11(9-5-6-9)13(4)12-10/h7,9H,5-6H2,1-4H3. The molecule has 0 bridgehead atoms. The van der Waals surface area contributed by atoms with Gasteiger partial charge in [-0.1, -0.05) is 13.8 Å². The zero-order valence-corrected chi connectivity index (χ0v) is 8.96. The van der Waals surface area contributed by atoms with Gasteiger partial charge < -0.3 is 0 Å². The van der Waals surface area contributed by atoms with E-state index in [0.717, 1.165) is 5.92 Å². The van der Waals surface area contributed by atoms with Crippen molar-refractivity contribution >= 4 is 0 Å². The largest absolute Gasteiger partial charge is 0.272 e. The second-order valence-corrected chi connectivity index (χ2v) is 4.45. The van der Waals surface area contributed by atoms with Crippen molar-refractivity contribution in [3.8, 4) is 0 Å². The molecule has 2 nitrogen and oxygen atoms in total. The van der Waals surface area contributed by atoms with Crippen LogP contribution in [0.1, 0.15) is 55.5 Å². The third-order valence-corrected chi connectivity index (χ3v) is 2.89. The smallest absolute Gasteiger partial charge is 0.0681 e. The number of rotatable bonds is 2. The van der Waals surface area contributed by atoms with Gasteiger partial charge in [0.15, 0.2) is 0 Å². The summed E-state index contributed by atoms with van der Waals surface area (Å²) < 4.78 is 2.09. The molecule has 0 saturated heterocycles. The molecule has 1 aromatic heterocycles. The van der Waals surface area contributed by atoms with Gasteiger partial charge in [-0.05, 0) is 31.2 Å². The van der Waals surface area contributed by atoms with E-state index < -0.39 is 0 Å². The first-order valence-corrected chi connectivity index (χ1v) is 5.14. The maximum absolute atomic E-state index is 4.59. The number of aryl methyl sites for hydroxylation is 1. The topological polar surface area (TPSA) is 17.8 Å². The Morgan fingerprint density at radius 2 is 2.00 bits per heavy atom. The zero-order chi connectivity index (χ0) is 9.59. The minimum Gasteiger partial charge on any atom is -0.272 e. The van der Waals surface area contributed by atoms with E-state index in [9.17, 15) is 0 Å². The van der Waals surface area contributed by atoms with E-state index in [-0.39, 0.29) is 0 Å². The Hall–Kier alpha value is -0.790. The van der Waals surface area contributed by atoms with Crippen LogP contribution in [0.25, 0.3) is 0 Å². The molecule has 1 aliphatic rings. The first-order valence-electron chi connectivity index (χ1n) is 5.14. The summed E-state index contributed by atoms with van der Waals surface area (Å²) in [5.74, 6) is 1.36. The Labute approximate surface area is 80.0 Å². The SMILES string of the molecule is Cc1c(C(C)C)nn(C)c1C1CC1. The Morgan fingerprint density at radius 3 is 2.38 bits per heavy atom. The molecule has 1 saturated carbocycles. The average molecular weight is 178 g/mol. The van der Waals surface area contributed by atoms with Crippen molar-refractivity contribution in [2.24, 2.45) is 7.05 Å². The minimum absolute atomic E-state index is 0.554. The van der Waals surface area contributed by atoms with Crippen molar-refractivity contribution < 1.29 is 0 Å². The quantitative estimate of drug-likeness (QED) is 0.681. The highest BCUT2D eigenvalue weighted by atomic mass is 15.3. The maximum atomic E-state index is 4.59. The van der Waals surface area contributed by atoms with Crippen molar-refractivity contribution in [2.75, 3.05) is 0 Å². The van der Waals surface area contributed by atoms with Gasteiger partial charge in [0.2, 0.25) is 0 Å². The lowest BCUT2D eigenvalue weighted by molar-refractivity contribution is 0.683. The molecule has 1 heterocycles. The van der Waals surface area contributed by atoms with E-state index >= 15 is 0 Å². The molecule has 0 amide bonds. The van der Waals surface area contributed by atoms with Crippen molar-refractivity contribution in [2.45, 2.75) is 45.4 Å². The molecule has 0 atom stereocenters. The molecule has 1 fully saturated rings. The molecule has 1 aliphatic carbocycles. The van der Waals surface area contributed by atoms with Gasteiger partial charge >= 0.3 is 0 Å². The molecule has 72 valence electrons. The zero-order valence-electron chi connectivity index (χ0n) is 8.96. The molecule has 13 heavy (non-hydrogen) atoms. The molecular formula is C11H18N2. The Morgan fingerprint density at radius 1 is 1.38 bits per heavy atom. The van der Waals surface area contributed by atoms with Crippen LogP contribution >= 0.6 is 0 Å². The Bertz CT molecular complexity index is 319. The molecule has 0 N–H and O–H groups in total. The predicted molar refractivity (Wildman–Crippen MR) is 54.0 cm³/mol. The van der Waals surface area contributed by atoms with Gasteiger partial charge in [-0.2, -0.15) is 5.10 Å². The van der Waals surface area contributed by atoms with Crippen LogP contribution in [0.3, 0.4) is 0 Å². The molecule has 1 aromatic rings. The molecule has 0 aromatic carbocycles. The molecule has 2 heteroatoms. The van der Waals surface area contributed by atoms with Gasteiger partial charge in [0.25, 0.3) is 0 Å². The van der Waals surface area contributed by atoms with Gasteiger partial charge in [-0.3, -0.25) is 4.68 Å². The first-order chi connectivity index (χ1) is 6.11. The fourth-order valence-corrected chi connectivity index (χ4v) is 2.14. The maximum Gasteiger partial charge on any atom is 0.0681 e. The second-order valence-electron chi connectivity index (χ2n) is 4.45. The molecule has 0 spiro atoms. The number of aromatic nitrogens is 2. The molecule has 0 unspecified atom stereocenters. The van der Waals surface area contributed by atoms with Crippen molar-refractivity contribution in [3.63, 3.8) is 0 Å². The van der Waals surface area contributed by atoms with Crippen LogP contribution < -0.4 is 0 Å². The summed E-state index contributed by atoms with van der Waals surface area (Å²) in [7, 11) is 2.08. The first kappa shape index (κ1) is 8.79. The van der Waals surface area contributed by atoms with Crippen molar-refractivity contribution in [1.82, 2.24) is 9.78 Å². The molecule has 0 aliphatic heterocycles. The Kier molecular flexibility index (Phi) is 1.94. The number of nitrogens with zero attached hydrogens (tertiary/aromatic N) is 2. The summed E-state index contributed by atoms with van der Waals surface area (Å²) in [5, 5.41) is 4.59. The number of hydrogen-bond acceptors (Lipinski definition) is 1. The summed E-state index contributed by atoms with van der Waals surface area (Å²) in [6.45, 7) is 6.65. The van der Waals surface area contributed by atoms with Gasteiger partial charge in [0.05, 0.1) is 5.69 Å². The summed E-state index contributed by atoms with van der Waals surface area (Å²) in [6.07, 6.45) is 2.72. The normalized spacial score (nSPS) is 17.0. The summed E-state index contributed by atoms with van der Waals surface area (Å²) in [5.41, 5.74) is 4.19. The van der Waals surface area contributed by atoms with E-state index in [1.807, 2.05) is 0 Å². The lowest BCUT2D eigenvalue weighted by Gasteiger charge is -2.01. The predicted octanol–water partition coefficient (Wildman–Crippen LogP) is 2.73. The van der Waals surface area contributed by atoms with Gasteiger partial charge in [0, 0.05) is 18.7 Å². The third-order valence-electron chi connectivity index (χ3n) is 2.89. The summed E-state index contributed by atoms with van der Waals surface area (Å²) in [4.78, 5) is 0. The van der Waals surface area contributed by atoms with Crippen LogP contribution in [-0.4, -0.2) is 9.78 Å². The highest BCUT2D eigenvalue weighted by molar-refractivity contribution is 5.31. The van der Waals surface area contributed by atoms with E-state index in [4.69, 9.17) is 0 Å². The van der Waals surface area contributed by atoms with Crippen LogP contribution in [-0.2, 0) is 7.05 Å². The van der Waals surface area contributed by atoms with Crippen molar-refractivity contribution in [1.29, 1.82) is 0 Å². The fraction of sp³-hybridized carbons (Fsp3) is 0.727.